The van der Waals surface area contributed by atoms with Crippen LogP contribution in [0.1, 0.15) is 13.8 Å². The highest BCUT2D eigenvalue weighted by molar-refractivity contribution is 7.89. The van der Waals surface area contributed by atoms with Crippen molar-refractivity contribution in [3.05, 3.63) is 48.5 Å². The molecule has 0 unspecified atom stereocenters. The molecule has 0 amide bonds. The van der Waals surface area contributed by atoms with Crippen LogP contribution in [0.3, 0.4) is 0 Å². The summed E-state index contributed by atoms with van der Waals surface area (Å²) in [4.78, 5) is 13.1. The molecule has 0 aliphatic carbocycles. The molecule has 40 heavy (non-hydrogen) atoms. The zero-order valence-electron chi connectivity index (χ0n) is 23.9. The molecule has 0 aliphatic heterocycles. The number of methoxy groups -OCH3 is 2. The van der Waals surface area contributed by atoms with Gasteiger partial charge in [-0.05, 0) is 62.4 Å². The van der Waals surface area contributed by atoms with Gasteiger partial charge in [-0.15, -0.1) is 0 Å². The molecule has 0 saturated heterocycles. The van der Waals surface area contributed by atoms with Gasteiger partial charge in [-0.2, -0.15) is 0 Å². The average Bonchev–Trinajstić information content (AvgIpc) is 2.94. The molecule has 0 radical (unpaired) electrons. The molecule has 14 heteroatoms. The molecule has 12 nitrogen and oxygen atoms in total. The van der Waals surface area contributed by atoms with Crippen LogP contribution in [0.2, 0.25) is 0 Å². The topological polar surface area (TPSA) is 142 Å². The molecule has 0 atom stereocenters. The van der Waals surface area contributed by atoms with Gasteiger partial charge < -0.3 is 19.3 Å². The van der Waals surface area contributed by atoms with Gasteiger partial charge in [0.05, 0.1) is 48.8 Å². The summed E-state index contributed by atoms with van der Waals surface area (Å²) in [6.07, 6.45) is 0. The van der Waals surface area contributed by atoms with Crippen molar-refractivity contribution in [3.63, 3.8) is 0 Å². The van der Waals surface area contributed by atoms with Crippen molar-refractivity contribution in [2.75, 3.05) is 67.6 Å². The zero-order chi connectivity index (χ0) is 29.8. The fourth-order valence-corrected chi connectivity index (χ4v) is 5.40. The Morgan fingerprint density at radius 3 is 1.30 bits per heavy atom. The van der Waals surface area contributed by atoms with Crippen LogP contribution in [0.25, 0.3) is 0 Å². The molecule has 0 aliphatic rings. The van der Waals surface area contributed by atoms with Gasteiger partial charge in [0, 0.05) is 40.3 Å². The third kappa shape index (κ3) is 10.4. The van der Waals surface area contributed by atoms with E-state index in [1.54, 1.807) is 24.3 Å². The Bertz CT molecular complexity index is 1240. The van der Waals surface area contributed by atoms with Crippen molar-refractivity contribution in [3.8, 4) is 11.5 Å². The third-order valence-electron chi connectivity index (χ3n) is 6.10. The minimum atomic E-state index is -3.61. The lowest BCUT2D eigenvalue weighted by Gasteiger charge is -2.20. The molecule has 0 saturated carbocycles. The van der Waals surface area contributed by atoms with Crippen molar-refractivity contribution in [2.24, 2.45) is 9.98 Å². The van der Waals surface area contributed by atoms with Crippen LogP contribution < -0.4 is 18.9 Å². The van der Waals surface area contributed by atoms with Crippen LogP contribution in [0.5, 0.6) is 11.5 Å². The lowest BCUT2D eigenvalue weighted by Crippen LogP contribution is -2.35. The number of hydrogen-bond acceptors (Lipinski definition) is 8. The number of aliphatic imine (C=N–C) groups is 2. The summed E-state index contributed by atoms with van der Waals surface area (Å²) >= 11 is 0. The van der Waals surface area contributed by atoms with Crippen LogP contribution >= 0.6 is 0 Å². The molecule has 0 heterocycles. The van der Waals surface area contributed by atoms with Crippen LogP contribution in [0.4, 0.5) is 0 Å². The molecule has 0 bridgehead atoms. The van der Waals surface area contributed by atoms with E-state index in [4.69, 9.17) is 9.47 Å². The highest BCUT2D eigenvalue weighted by Gasteiger charge is 2.15. The lowest BCUT2D eigenvalue weighted by molar-refractivity contribution is 0.414. The number of likely N-dealkylation sites (N-methyl/N-ethyl adjacent to an activating group) is 2. The standard InChI is InChI=1S/C26H40N6O6S2/c1-21(31(3)19-17-29-39(33,34)25-11-7-23(37-5)8-12-25)27-15-16-28-22(2)32(4)20-18-30-40(35,36)26-13-9-24(38-6)10-14-26/h7-14,29-30H,15-20H2,1-6H3. The summed E-state index contributed by atoms with van der Waals surface area (Å²) in [6.45, 7) is 5.98. The fraction of sp³-hybridized carbons (Fsp3) is 0.462. The maximum Gasteiger partial charge on any atom is 0.240 e. The first-order valence-corrected chi connectivity index (χ1v) is 15.6. The predicted octanol–water partition coefficient (Wildman–Crippen LogP) is 1.66. The number of amidine groups is 2. The highest BCUT2D eigenvalue weighted by atomic mass is 32.2. The van der Waals surface area contributed by atoms with Gasteiger partial charge in [-0.3, -0.25) is 9.98 Å². The van der Waals surface area contributed by atoms with Crippen molar-refractivity contribution in [1.82, 2.24) is 19.2 Å². The van der Waals surface area contributed by atoms with E-state index in [9.17, 15) is 16.8 Å². The Morgan fingerprint density at radius 2 is 1.00 bits per heavy atom. The van der Waals surface area contributed by atoms with Crippen molar-refractivity contribution in [2.45, 2.75) is 23.6 Å². The normalized spacial score (nSPS) is 12.8. The number of nitrogens with one attached hydrogen (secondary N) is 2. The third-order valence-corrected chi connectivity index (χ3v) is 9.06. The molecular formula is C26H40N6O6S2. The van der Waals surface area contributed by atoms with E-state index in [1.165, 1.54) is 38.5 Å². The monoisotopic (exact) mass is 596 g/mol. The molecular weight excluding hydrogens is 556 g/mol. The first kappa shape index (κ1) is 33.0. The number of nitrogens with zero attached hydrogens (tertiary/aromatic N) is 4. The van der Waals surface area contributed by atoms with Crippen molar-refractivity contribution < 1.29 is 26.3 Å². The van der Waals surface area contributed by atoms with Crippen molar-refractivity contribution in [1.29, 1.82) is 0 Å². The van der Waals surface area contributed by atoms with Gasteiger partial charge in [0.1, 0.15) is 11.5 Å². The average molecular weight is 597 g/mol. The summed E-state index contributed by atoms with van der Waals surface area (Å²) in [5.41, 5.74) is 0. The summed E-state index contributed by atoms with van der Waals surface area (Å²) in [5.74, 6) is 2.70. The molecule has 0 fully saturated rings. The van der Waals surface area contributed by atoms with E-state index in [0.717, 1.165) is 11.7 Å². The molecule has 2 N–H and O–H groups in total. The molecule has 0 aromatic heterocycles. The Kier molecular flexibility index (Phi) is 12.8. The maximum absolute atomic E-state index is 12.5. The van der Waals surface area contributed by atoms with Crippen molar-refractivity contribution >= 4 is 31.7 Å². The number of rotatable bonds is 15. The van der Waals surface area contributed by atoms with Gasteiger partial charge in [0.25, 0.3) is 0 Å². The zero-order valence-corrected chi connectivity index (χ0v) is 25.5. The maximum atomic E-state index is 12.5. The number of sulfonamides is 2. The number of hydrogen-bond donors (Lipinski definition) is 2. The van der Waals surface area contributed by atoms with Gasteiger partial charge in [0.15, 0.2) is 0 Å². The van der Waals surface area contributed by atoms with E-state index in [2.05, 4.69) is 19.4 Å². The molecule has 222 valence electrons. The predicted molar refractivity (Wildman–Crippen MR) is 158 cm³/mol. The second-order valence-electron chi connectivity index (χ2n) is 8.85. The second kappa shape index (κ2) is 15.6. The first-order valence-electron chi connectivity index (χ1n) is 12.6. The van der Waals surface area contributed by atoms with Crippen LogP contribution in [-0.4, -0.2) is 106 Å². The van der Waals surface area contributed by atoms with E-state index < -0.39 is 20.0 Å². The summed E-state index contributed by atoms with van der Waals surface area (Å²) in [5, 5.41) is 0. The van der Waals surface area contributed by atoms with Gasteiger partial charge in [-0.25, -0.2) is 26.3 Å². The number of benzene rings is 2. The van der Waals surface area contributed by atoms with E-state index in [0.29, 0.717) is 37.7 Å². The minimum absolute atomic E-state index is 0.175. The van der Waals surface area contributed by atoms with Crippen LogP contribution in [-0.2, 0) is 20.0 Å². The summed E-state index contributed by atoms with van der Waals surface area (Å²) in [6, 6.07) is 12.4. The number of ether oxygens (including phenoxy) is 2. The van der Waals surface area contributed by atoms with E-state index in [-0.39, 0.29) is 22.9 Å². The Labute approximate surface area is 238 Å². The van der Waals surface area contributed by atoms with Crippen LogP contribution in [0.15, 0.2) is 68.3 Å². The lowest BCUT2D eigenvalue weighted by atomic mass is 10.3. The minimum Gasteiger partial charge on any atom is -0.497 e. The molecule has 2 rings (SSSR count). The smallest absolute Gasteiger partial charge is 0.240 e. The van der Waals surface area contributed by atoms with E-state index >= 15 is 0 Å². The van der Waals surface area contributed by atoms with Crippen LogP contribution in [0, 0.1) is 0 Å². The Balaban J connectivity index is 1.73. The Hall–Kier alpha value is -3.20. The molecule has 0 spiro atoms. The molecule has 2 aromatic rings. The fourth-order valence-electron chi connectivity index (χ4n) is 3.36. The first-order chi connectivity index (χ1) is 18.9. The van der Waals surface area contributed by atoms with Gasteiger partial charge in [-0.1, -0.05) is 0 Å². The molecule has 2 aromatic carbocycles. The SMILES string of the molecule is COc1ccc(S(=O)(=O)NCCN(C)C(C)=NCCN=C(C)N(C)CCNS(=O)(=O)c2ccc(OC)cc2)cc1. The Morgan fingerprint density at radius 1 is 0.675 bits per heavy atom. The largest absolute Gasteiger partial charge is 0.497 e. The van der Waals surface area contributed by atoms with Gasteiger partial charge in [0.2, 0.25) is 20.0 Å². The summed E-state index contributed by atoms with van der Waals surface area (Å²) in [7, 11) is -0.496. The van der Waals surface area contributed by atoms with Gasteiger partial charge >= 0.3 is 0 Å². The summed E-state index contributed by atoms with van der Waals surface area (Å²) < 4.78 is 65.1. The quantitative estimate of drug-likeness (QED) is 0.180. The highest BCUT2D eigenvalue weighted by Crippen LogP contribution is 2.16. The second-order valence-corrected chi connectivity index (χ2v) is 12.4. The van der Waals surface area contributed by atoms with E-state index in [1.807, 2.05) is 37.7 Å².